The highest BCUT2D eigenvalue weighted by Crippen LogP contribution is 2.35. The predicted molar refractivity (Wildman–Crippen MR) is 82.5 cm³/mol. The second-order valence-corrected chi connectivity index (χ2v) is 6.46. The highest BCUT2D eigenvalue weighted by Gasteiger charge is 2.33. The van der Waals surface area contributed by atoms with Gasteiger partial charge in [0, 0.05) is 25.7 Å². The molecule has 0 bridgehead atoms. The minimum Gasteiger partial charge on any atom is -0.388 e. The first-order valence-corrected chi connectivity index (χ1v) is 7.47. The number of hydrogen-bond donors (Lipinski definition) is 1. The molecular formula is C13H16FIN2O3. The summed E-state index contributed by atoms with van der Waals surface area (Å²) in [6.45, 7) is 0.272. The fraction of sp³-hybridized carbons (Fsp3) is 0.538. The Morgan fingerprint density at radius 3 is 2.65 bits per heavy atom. The van der Waals surface area contributed by atoms with Gasteiger partial charge in [0.1, 0.15) is 11.5 Å². The molecule has 0 atom stereocenters. The Balaban J connectivity index is 2.31. The van der Waals surface area contributed by atoms with Gasteiger partial charge < -0.3 is 10.0 Å². The average Bonchev–Trinajstić information content (AvgIpc) is 2.78. The zero-order valence-electron chi connectivity index (χ0n) is 11.1. The van der Waals surface area contributed by atoms with E-state index in [9.17, 15) is 19.6 Å². The van der Waals surface area contributed by atoms with Crippen molar-refractivity contribution < 1.29 is 14.4 Å². The summed E-state index contributed by atoms with van der Waals surface area (Å²) >= 11 is 1.73. The maximum Gasteiger partial charge on any atom is 0.293 e. The van der Waals surface area contributed by atoms with Crippen LogP contribution in [0.25, 0.3) is 0 Å². The Labute approximate surface area is 130 Å². The average molecular weight is 394 g/mol. The van der Waals surface area contributed by atoms with Crippen LogP contribution in [0.5, 0.6) is 0 Å². The summed E-state index contributed by atoms with van der Waals surface area (Å²) in [6.07, 6.45) is 3.26. The SMILES string of the molecule is CN(CC1(O)CCCC1)c1cc(F)c(I)cc1[N+](=O)[O-]. The first-order valence-electron chi connectivity index (χ1n) is 6.39. The van der Waals surface area contributed by atoms with Crippen molar-refractivity contribution in [2.45, 2.75) is 31.3 Å². The molecule has 1 saturated carbocycles. The van der Waals surface area contributed by atoms with Gasteiger partial charge in [-0.05, 0) is 35.4 Å². The van der Waals surface area contributed by atoms with E-state index in [4.69, 9.17) is 0 Å². The zero-order valence-corrected chi connectivity index (χ0v) is 13.3. The summed E-state index contributed by atoms with van der Waals surface area (Å²) in [7, 11) is 1.64. The van der Waals surface area contributed by atoms with Crippen LogP contribution < -0.4 is 4.90 Å². The Morgan fingerprint density at radius 1 is 1.50 bits per heavy atom. The normalized spacial score (nSPS) is 17.2. The molecule has 1 aromatic carbocycles. The van der Waals surface area contributed by atoms with Gasteiger partial charge in [-0.25, -0.2) is 4.39 Å². The van der Waals surface area contributed by atoms with Gasteiger partial charge in [-0.2, -0.15) is 0 Å². The molecule has 1 aliphatic carbocycles. The van der Waals surface area contributed by atoms with E-state index < -0.39 is 16.3 Å². The number of nitrogens with zero attached hydrogens (tertiary/aromatic N) is 2. The molecule has 0 aromatic heterocycles. The van der Waals surface area contributed by atoms with Gasteiger partial charge in [0.15, 0.2) is 0 Å². The lowest BCUT2D eigenvalue weighted by atomic mass is 10.0. The lowest BCUT2D eigenvalue weighted by Crippen LogP contribution is -2.39. The summed E-state index contributed by atoms with van der Waals surface area (Å²) in [5, 5.41) is 21.5. The maximum absolute atomic E-state index is 13.7. The van der Waals surface area contributed by atoms with Gasteiger partial charge in [-0.15, -0.1) is 0 Å². The molecule has 0 amide bonds. The molecule has 7 heteroatoms. The third-order valence-corrected chi connectivity index (χ3v) is 4.52. The van der Waals surface area contributed by atoms with Crippen molar-refractivity contribution >= 4 is 34.0 Å². The van der Waals surface area contributed by atoms with E-state index in [1.807, 2.05) is 0 Å². The molecule has 0 unspecified atom stereocenters. The van der Waals surface area contributed by atoms with Crippen molar-refractivity contribution in [2.24, 2.45) is 0 Å². The van der Waals surface area contributed by atoms with E-state index in [-0.39, 0.29) is 21.5 Å². The monoisotopic (exact) mass is 394 g/mol. The molecule has 1 fully saturated rings. The van der Waals surface area contributed by atoms with Crippen LogP contribution in [-0.4, -0.2) is 29.2 Å². The van der Waals surface area contributed by atoms with E-state index in [0.29, 0.717) is 12.8 Å². The minimum absolute atomic E-state index is 0.139. The quantitative estimate of drug-likeness (QED) is 0.484. The summed E-state index contributed by atoms with van der Waals surface area (Å²) in [6, 6.07) is 2.39. The maximum atomic E-state index is 13.7. The number of halogens is 2. The fourth-order valence-electron chi connectivity index (χ4n) is 2.70. The summed E-state index contributed by atoms with van der Waals surface area (Å²) in [5.41, 5.74) is -0.768. The molecule has 2 rings (SSSR count). The molecule has 0 aliphatic heterocycles. The zero-order chi connectivity index (χ0) is 14.9. The van der Waals surface area contributed by atoms with Crippen molar-refractivity contribution in [2.75, 3.05) is 18.5 Å². The number of nitro benzene ring substituents is 1. The second kappa shape index (κ2) is 5.80. The number of likely N-dealkylation sites (N-methyl/N-ethyl adjacent to an activating group) is 1. The van der Waals surface area contributed by atoms with E-state index in [2.05, 4.69) is 0 Å². The summed E-state index contributed by atoms with van der Waals surface area (Å²) in [5.74, 6) is -0.489. The number of rotatable bonds is 4. The van der Waals surface area contributed by atoms with Crippen molar-refractivity contribution in [3.05, 3.63) is 31.6 Å². The van der Waals surface area contributed by atoms with Crippen LogP contribution in [0.4, 0.5) is 15.8 Å². The second-order valence-electron chi connectivity index (χ2n) is 5.30. The smallest absolute Gasteiger partial charge is 0.293 e. The molecule has 1 aromatic rings. The fourth-order valence-corrected chi connectivity index (χ4v) is 3.15. The largest absolute Gasteiger partial charge is 0.388 e. The molecule has 1 aliphatic rings. The van der Waals surface area contributed by atoms with E-state index in [0.717, 1.165) is 18.9 Å². The van der Waals surface area contributed by atoms with E-state index in [1.54, 1.807) is 34.5 Å². The molecular weight excluding hydrogens is 378 g/mol. The van der Waals surface area contributed by atoms with Crippen molar-refractivity contribution in [1.29, 1.82) is 0 Å². The first-order chi connectivity index (χ1) is 9.32. The molecule has 0 heterocycles. The Kier molecular flexibility index (Phi) is 4.48. The van der Waals surface area contributed by atoms with Crippen molar-refractivity contribution in [3.63, 3.8) is 0 Å². The lowest BCUT2D eigenvalue weighted by Gasteiger charge is -2.29. The lowest BCUT2D eigenvalue weighted by molar-refractivity contribution is -0.384. The van der Waals surface area contributed by atoms with Crippen LogP contribution >= 0.6 is 22.6 Å². The van der Waals surface area contributed by atoms with Crippen LogP contribution in [0.2, 0.25) is 0 Å². The molecule has 5 nitrogen and oxygen atoms in total. The van der Waals surface area contributed by atoms with Crippen molar-refractivity contribution in [3.8, 4) is 0 Å². The predicted octanol–water partition coefficient (Wildman–Crippen LogP) is 3.08. The molecule has 0 saturated heterocycles. The van der Waals surface area contributed by atoms with Gasteiger partial charge in [-0.1, -0.05) is 12.8 Å². The summed E-state index contributed by atoms with van der Waals surface area (Å²) in [4.78, 5) is 12.1. The van der Waals surface area contributed by atoms with Gasteiger partial charge in [0.05, 0.1) is 14.1 Å². The number of benzene rings is 1. The van der Waals surface area contributed by atoms with Gasteiger partial charge in [0.2, 0.25) is 0 Å². The Morgan fingerprint density at radius 2 is 2.10 bits per heavy atom. The highest BCUT2D eigenvalue weighted by molar-refractivity contribution is 14.1. The topological polar surface area (TPSA) is 66.6 Å². The standard InChI is InChI=1S/C13H16FIN2O3/c1-16(8-13(18)4-2-3-5-13)11-6-9(14)10(15)7-12(11)17(19)20/h6-7,18H,2-5,8H2,1H3. The van der Waals surface area contributed by atoms with Crippen LogP contribution in [0.3, 0.4) is 0 Å². The molecule has 110 valence electrons. The van der Waals surface area contributed by atoms with E-state index >= 15 is 0 Å². The van der Waals surface area contributed by atoms with Gasteiger partial charge >= 0.3 is 0 Å². The van der Waals surface area contributed by atoms with Crippen LogP contribution in [0.1, 0.15) is 25.7 Å². The molecule has 20 heavy (non-hydrogen) atoms. The van der Waals surface area contributed by atoms with Gasteiger partial charge in [-0.3, -0.25) is 10.1 Å². The third kappa shape index (κ3) is 3.20. The number of aliphatic hydroxyl groups is 1. The van der Waals surface area contributed by atoms with E-state index in [1.165, 1.54) is 6.07 Å². The summed E-state index contributed by atoms with van der Waals surface area (Å²) < 4.78 is 13.9. The molecule has 1 N–H and O–H groups in total. The highest BCUT2D eigenvalue weighted by atomic mass is 127. The Bertz CT molecular complexity index is 533. The molecule has 0 radical (unpaired) electrons. The first kappa shape index (κ1) is 15.4. The number of hydrogen-bond acceptors (Lipinski definition) is 4. The molecule has 0 spiro atoms. The van der Waals surface area contributed by atoms with Crippen LogP contribution in [0, 0.1) is 19.5 Å². The minimum atomic E-state index is -0.831. The number of anilines is 1. The van der Waals surface area contributed by atoms with Crippen LogP contribution in [0.15, 0.2) is 12.1 Å². The third-order valence-electron chi connectivity index (χ3n) is 3.69. The number of nitro groups is 1. The Hall–Kier alpha value is -0.960. The van der Waals surface area contributed by atoms with Crippen molar-refractivity contribution in [1.82, 2.24) is 0 Å². The van der Waals surface area contributed by atoms with Crippen LogP contribution in [-0.2, 0) is 0 Å². The van der Waals surface area contributed by atoms with Gasteiger partial charge in [0.25, 0.3) is 5.69 Å².